The molecule has 3 aromatic heterocycles. The maximum absolute atomic E-state index is 11.9. The first-order chi connectivity index (χ1) is 15.6. The molecule has 4 heterocycles. The van der Waals surface area contributed by atoms with Crippen LogP contribution in [0, 0.1) is 13.8 Å². The summed E-state index contributed by atoms with van der Waals surface area (Å²) in [6, 6.07) is 0. The number of rotatable bonds is 6. The molecule has 0 bridgehead atoms. The highest BCUT2D eigenvalue weighted by atomic mass is 31.2. The van der Waals surface area contributed by atoms with Crippen LogP contribution in [-0.4, -0.2) is 86.4 Å². The Balaban J connectivity index is 1.32. The summed E-state index contributed by atoms with van der Waals surface area (Å²) in [7, 11) is -4.52. The van der Waals surface area contributed by atoms with Crippen LogP contribution in [0.15, 0.2) is 10.7 Å². The lowest BCUT2D eigenvalue weighted by molar-refractivity contribution is -0.0691. The maximum atomic E-state index is 11.9. The van der Waals surface area contributed by atoms with Crippen molar-refractivity contribution in [1.82, 2.24) is 29.7 Å². The fourth-order valence-corrected chi connectivity index (χ4v) is 5.42. The Morgan fingerprint density at radius 3 is 2.64 bits per heavy atom. The fraction of sp³-hybridized carbons (Fsp3) is 0.588. The van der Waals surface area contributed by atoms with E-state index in [4.69, 9.17) is 19.6 Å². The molecule has 7 atom stereocenters. The van der Waals surface area contributed by atoms with E-state index in [-0.39, 0.29) is 24.2 Å². The van der Waals surface area contributed by atoms with Gasteiger partial charge in [-0.05, 0) is 6.92 Å². The first kappa shape index (κ1) is 22.3. The van der Waals surface area contributed by atoms with Gasteiger partial charge >= 0.3 is 7.60 Å². The highest BCUT2D eigenvalue weighted by Gasteiger charge is 2.64. The van der Waals surface area contributed by atoms with Gasteiger partial charge in [-0.3, -0.25) is 9.13 Å². The van der Waals surface area contributed by atoms with Crippen LogP contribution in [0.4, 0.5) is 5.82 Å². The van der Waals surface area contributed by atoms with Gasteiger partial charge in [0.1, 0.15) is 35.3 Å². The Hall–Kier alpha value is -2.52. The lowest BCUT2D eigenvalue weighted by Crippen LogP contribution is -2.34. The number of aryl methyl sites for hydroxylation is 2. The van der Waals surface area contributed by atoms with Crippen molar-refractivity contribution in [3.8, 4) is 0 Å². The molecule has 2 aliphatic rings. The van der Waals surface area contributed by atoms with E-state index in [2.05, 4.69) is 25.1 Å². The quantitative estimate of drug-likeness (QED) is 0.258. The molecule has 1 aliphatic heterocycles. The van der Waals surface area contributed by atoms with Crippen molar-refractivity contribution in [2.24, 2.45) is 0 Å². The molecule has 0 spiro atoms. The molecule has 0 amide bonds. The number of aromatic nitrogens is 6. The molecule has 33 heavy (non-hydrogen) atoms. The van der Waals surface area contributed by atoms with E-state index >= 15 is 0 Å². The zero-order valence-corrected chi connectivity index (χ0v) is 18.4. The summed E-state index contributed by atoms with van der Waals surface area (Å²) in [6.45, 7) is 2.96. The lowest BCUT2D eigenvalue weighted by Gasteiger charge is -2.16. The average molecular weight is 483 g/mol. The van der Waals surface area contributed by atoms with Gasteiger partial charge in [0.25, 0.3) is 0 Å². The van der Waals surface area contributed by atoms with Crippen molar-refractivity contribution in [1.29, 1.82) is 0 Å². The molecule has 3 unspecified atom stereocenters. The standard InChI is InChI=1S/C17H22N7O8P/c1-5-20-14(18)9-15(21-5)24(4-19-9)17-11(26)10(25)7(32-17)3-30-12-8(13(12)33(27,28)29)16-23-22-6(2)31-16/h4,7-8,10-13,17,25-26H,3H2,1-2H3,(H2,18,20,21)(H2,27,28,29)/t7?,8?,10-,11-,12?,13+,17-/m1/s1. The normalized spacial score (nSPS) is 32.0. The topological polar surface area (TPSA) is 225 Å². The highest BCUT2D eigenvalue weighted by molar-refractivity contribution is 7.53. The van der Waals surface area contributed by atoms with Gasteiger partial charge in [-0.1, -0.05) is 0 Å². The van der Waals surface area contributed by atoms with Gasteiger partial charge in [-0.25, -0.2) is 15.0 Å². The summed E-state index contributed by atoms with van der Waals surface area (Å²) in [4.78, 5) is 31.8. The predicted molar refractivity (Wildman–Crippen MR) is 108 cm³/mol. The van der Waals surface area contributed by atoms with Crippen molar-refractivity contribution in [2.75, 3.05) is 12.3 Å². The third-order valence-electron chi connectivity index (χ3n) is 5.76. The van der Waals surface area contributed by atoms with Crippen LogP contribution in [0.5, 0.6) is 0 Å². The van der Waals surface area contributed by atoms with Crippen LogP contribution >= 0.6 is 7.60 Å². The number of aliphatic hydroxyl groups is 2. The van der Waals surface area contributed by atoms with Crippen LogP contribution in [-0.2, 0) is 14.0 Å². The number of anilines is 1. The molecule has 178 valence electrons. The van der Waals surface area contributed by atoms with Crippen molar-refractivity contribution in [3.05, 3.63) is 23.9 Å². The molecule has 0 radical (unpaired) electrons. The molecule has 3 aromatic rings. The maximum Gasteiger partial charge on any atom is 0.332 e. The minimum atomic E-state index is -4.52. The number of hydrogen-bond acceptors (Lipinski definition) is 12. The Morgan fingerprint density at radius 2 is 1.97 bits per heavy atom. The highest BCUT2D eigenvalue weighted by Crippen LogP contribution is 2.63. The van der Waals surface area contributed by atoms with Crippen LogP contribution in [0.3, 0.4) is 0 Å². The van der Waals surface area contributed by atoms with E-state index in [1.54, 1.807) is 13.8 Å². The van der Waals surface area contributed by atoms with Gasteiger partial charge in [0.2, 0.25) is 11.8 Å². The van der Waals surface area contributed by atoms with E-state index in [0.29, 0.717) is 17.0 Å². The minimum absolute atomic E-state index is 0.0640. The minimum Gasteiger partial charge on any atom is -0.425 e. The van der Waals surface area contributed by atoms with Crippen LogP contribution < -0.4 is 5.73 Å². The van der Waals surface area contributed by atoms with Gasteiger partial charge < -0.3 is 39.6 Å². The number of aliphatic hydroxyl groups excluding tert-OH is 2. The molecule has 16 heteroatoms. The Kier molecular flexibility index (Phi) is 5.25. The van der Waals surface area contributed by atoms with Crippen LogP contribution in [0.1, 0.15) is 29.8 Å². The molecular weight excluding hydrogens is 461 g/mol. The second-order valence-electron chi connectivity index (χ2n) is 8.09. The molecule has 1 saturated carbocycles. The number of imidazole rings is 1. The first-order valence-corrected chi connectivity index (χ1v) is 11.7. The fourth-order valence-electron chi connectivity index (χ4n) is 4.14. The van der Waals surface area contributed by atoms with Gasteiger partial charge in [-0.2, -0.15) is 0 Å². The molecule has 1 aliphatic carbocycles. The molecular formula is C17H22N7O8P. The van der Waals surface area contributed by atoms with Crippen molar-refractivity contribution in [2.45, 2.75) is 56.1 Å². The smallest absolute Gasteiger partial charge is 0.332 e. The third kappa shape index (κ3) is 3.81. The second-order valence-corrected chi connectivity index (χ2v) is 9.86. The number of ether oxygens (including phenoxy) is 2. The summed E-state index contributed by atoms with van der Waals surface area (Å²) < 4.78 is 30.1. The van der Waals surface area contributed by atoms with Gasteiger partial charge in [-0.15, -0.1) is 10.2 Å². The van der Waals surface area contributed by atoms with E-state index in [1.165, 1.54) is 10.9 Å². The third-order valence-corrected chi connectivity index (χ3v) is 7.15. The first-order valence-electron chi connectivity index (χ1n) is 10.0. The summed E-state index contributed by atoms with van der Waals surface area (Å²) in [6.07, 6.45) is -4.27. The van der Waals surface area contributed by atoms with E-state index in [1.807, 2.05) is 0 Å². The predicted octanol–water partition coefficient (Wildman–Crippen LogP) is -1.24. The largest absolute Gasteiger partial charge is 0.425 e. The SMILES string of the molecule is Cc1nc(N)c2ncn([C@@H]3OC(COC4C(c5nnc(C)o5)[C@@H]4P(=O)(O)O)[C@@H](O)[C@H]3O)c2n1. The number of fused-ring (bicyclic) bond motifs is 1. The van der Waals surface area contributed by atoms with Crippen molar-refractivity contribution in [3.63, 3.8) is 0 Å². The summed E-state index contributed by atoms with van der Waals surface area (Å²) in [5, 5.41) is 28.6. The Bertz CT molecular complexity index is 1240. The molecule has 2 fully saturated rings. The lowest BCUT2D eigenvalue weighted by atomic mass is 10.1. The number of nitrogen functional groups attached to an aromatic ring is 1. The molecule has 6 N–H and O–H groups in total. The van der Waals surface area contributed by atoms with E-state index < -0.39 is 49.8 Å². The summed E-state index contributed by atoms with van der Waals surface area (Å²) in [5.74, 6) is 0.103. The number of nitrogens with two attached hydrogens (primary N) is 1. The van der Waals surface area contributed by atoms with Gasteiger partial charge in [0, 0.05) is 6.92 Å². The zero-order chi connectivity index (χ0) is 23.7. The molecule has 0 aromatic carbocycles. The van der Waals surface area contributed by atoms with Gasteiger partial charge in [0.15, 0.2) is 17.7 Å². The van der Waals surface area contributed by atoms with Crippen molar-refractivity contribution < 1.29 is 38.5 Å². The van der Waals surface area contributed by atoms with Gasteiger partial charge in [0.05, 0.1) is 25.0 Å². The second kappa shape index (κ2) is 7.77. The molecule has 5 rings (SSSR count). The summed E-state index contributed by atoms with van der Waals surface area (Å²) in [5.41, 5.74) is 5.37. The molecule has 15 nitrogen and oxygen atoms in total. The monoisotopic (exact) mass is 483 g/mol. The Labute approximate surface area is 185 Å². The average Bonchev–Trinajstić information content (AvgIpc) is 2.94. The summed E-state index contributed by atoms with van der Waals surface area (Å²) >= 11 is 0. The van der Waals surface area contributed by atoms with E-state index in [9.17, 15) is 24.6 Å². The zero-order valence-electron chi connectivity index (χ0n) is 17.5. The van der Waals surface area contributed by atoms with Crippen LogP contribution in [0.2, 0.25) is 0 Å². The Morgan fingerprint density at radius 1 is 1.21 bits per heavy atom. The van der Waals surface area contributed by atoms with Crippen molar-refractivity contribution >= 4 is 24.6 Å². The number of hydrogen-bond donors (Lipinski definition) is 5. The van der Waals surface area contributed by atoms with E-state index in [0.717, 1.165) is 0 Å². The molecule has 1 saturated heterocycles. The van der Waals surface area contributed by atoms with Crippen LogP contribution in [0.25, 0.3) is 11.2 Å². The number of nitrogens with zero attached hydrogens (tertiary/aromatic N) is 6.